The SMILES string of the molecule is C=Cn1c(C(=O)[O-])ccc1-c1ccc(CC)cc1. The molecule has 0 N–H and O–H groups in total. The van der Waals surface area contributed by atoms with Crippen molar-refractivity contribution in [3.05, 3.63) is 54.2 Å². The minimum Gasteiger partial charge on any atom is -0.543 e. The van der Waals surface area contributed by atoms with E-state index < -0.39 is 5.97 Å². The number of carboxylic acids is 1. The molecule has 0 aliphatic heterocycles. The third-order valence-electron chi connectivity index (χ3n) is 2.97. The van der Waals surface area contributed by atoms with Gasteiger partial charge >= 0.3 is 0 Å². The van der Waals surface area contributed by atoms with Crippen molar-refractivity contribution in [3.8, 4) is 11.3 Å². The molecule has 1 aromatic carbocycles. The van der Waals surface area contributed by atoms with Crippen molar-refractivity contribution in [2.75, 3.05) is 0 Å². The maximum absolute atomic E-state index is 10.9. The Morgan fingerprint density at radius 1 is 1.28 bits per heavy atom. The topological polar surface area (TPSA) is 45.1 Å². The zero-order valence-corrected chi connectivity index (χ0v) is 10.2. The summed E-state index contributed by atoms with van der Waals surface area (Å²) in [4.78, 5) is 10.9. The number of rotatable bonds is 4. The Morgan fingerprint density at radius 2 is 1.94 bits per heavy atom. The summed E-state index contributed by atoms with van der Waals surface area (Å²) in [6.07, 6.45) is 2.46. The van der Waals surface area contributed by atoms with Crippen LogP contribution in [0.15, 0.2) is 43.0 Å². The molecule has 0 aliphatic rings. The van der Waals surface area contributed by atoms with Gasteiger partial charge in [0.15, 0.2) is 0 Å². The molecule has 0 aliphatic carbocycles. The maximum Gasteiger partial charge on any atom is 0.0883 e. The fraction of sp³-hybridized carbons (Fsp3) is 0.133. The molecule has 2 rings (SSSR count). The van der Waals surface area contributed by atoms with Crippen LogP contribution in [0.5, 0.6) is 0 Å². The quantitative estimate of drug-likeness (QED) is 0.822. The minimum atomic E-state index is -1.20. The van der Waals surface area contributed by atoms with Gasteiger partial charge in [-0.15, -0.1) is 0 Å². The van der Waals surface area contributed by atoms with Crippen LogP contribution in [0.3, 0.4) is 0 Å². The first-order chi connectivity index (χ1) is 8.67. The van der Waals surface area contributed by atoms with E-state index in [9.17, 15) is 9.90 Å². The zero-order valence-electron chi connectivity index (χ0n) is 10.2. The molecule has 0 fully saturated rings. The van der Waals surface area contributed by atoms with Crippen LogP contribution in [0.2, 0.25) is 0 Å². The van der Waals surface area contributed by atoms with Crippen LogP contribution in [0, 0.1) is 0 Å². The fourth-order valence-electron chi connectivity index (χ4n) is 1.96. The molecule has 3 nitrogen and oxygen atoms in total. The molecular formula is C15H14NO2-. The summed E-state index contributed by atoms with van der Waals surface area (Å²) >= 11 is 0. The van der Waals surface area contributed by atoms with Gasteiger partial charge in [-0.2, -0.15) is 0 Å². The maximum atomic E-state index is 10.9. The molecule has 3 heteroatoms. The molecule has 0 unspecified atom stereocenters. The van der Waals surface area contributed by atoms with Crippen LogP contribution in [-0.4, -0.2) is 10.5 Å². The Morgan fingerprint density at radius 3 is 2.44 bits per heavy atom. The Hall–Kier alpha value is -2.29. The van der Waals surface area contributed by atoms with E-state index >= 15 is 0 Å². The minimum absolute atomic E-state index is 0.111. The van der Waals surface area contributed by atoms with Crippen LogP contribution < -0.4 is 5.11 Å². The third kappa shape index (κ3) is 2.07. The van der Waals surface area contributed by atoms with Gasteiger partial charge in [0.05, 0.1) is 17.4 Å². The molecule has 0 saturated carbocycles. The monoisotopic (exact) mass is 240 g/mol. The average molecular weight is 240 g/mol. The summed E-state index contributed by atoms with van der Waals surface area (Å²) in [5.74, 6) is -1.20. The van der Waals surface area contributed by atoms with Crippen molar-refractivity contribution in [1.29, 1.82) is 0 Å². The molecule has 0 amide bonds. The number of carbonyl (C=O) groups excluding carboxylic acids is 1. The summed E-state index contributed by atoms with van der Waals surface area (Å²) < 4.78 is 1.52. The standard InChI is InChI=1S/C15H15NO2/c1-3-11-5-7-12(8-6-11)13-9-10-14(15(17)18)16(13)4-2/h4-10H,2-3H2,1H3,(H,17,18)/p-1. The molecule has 0 bridgehead atoms. The van der Waals surface area contributed by atoms with Gasteiger partial charge < -0.3 is 14.5 Å². The van der Waals surface area contributed by atoms with Crippen LogP contribution in [0.4, 0.5) is 0 Å². The first-order valence-electron chi connectivity index (χ1n) is 5.81. The van der Waals surface area contributed by atoms with Crippen molar-refractivity contribution in [1.82, 2.24) is 4.57 Å². The van der Waals surface area contributed by atoms with E-state index in [2.05, 4.69) is 13.5 Å². The lowest BCUT2D eigenvalue weighted by Gasteiger charge is -2.09. The molecule has 2 aromatic rings. The van der Waals surface area contributed by atoms with E-state index in [1.54, 1.807) is 6.07 Å². The van der Waals surface area contributed by atoms with Gasteiger partial charge in [-0.05, 0) is 29.7 Å². The molecule has 1 heterocycles. The van der Waals surface area contributed by atoms with Gasteiger partial charge in [0, 0.05) is 6.20 Å². The van der Waals surface area contributed by atoms with E-state index in [4.69, 9.17) is 0 Å². The average Bonchev–Trinajstić information content (AvgIpc) is 2.82. The van der Waals surface area contributed by atoms with E-state index in [1.165, 1.54) is 22.4 Å². The van der Waals surface area contributed by atoms with Crippen LogP contribution in [0.1, 0.15) is 23.0 Å². The number of carbonyl (C=O) groups is 1. The Bertz CT molecular complexity index is 579. The second-order valence-corrected chi connectivity index (χ2v) is 3.99. The van der Waals surface area contributed by atoms with Crippen molar-refractivity contribution in [3.63, 3.8) is 0 Å². The summed E-state index contributed by atoms with van der Waals surface area (Å²) in [6.45, 7) is 5.73. The number of aryl methyl sites for hydroxylation is 1. The first-order valence-corrected chi connectivity index (χ1v) is 5.81. The highest BCUT2D eigenvalue weighted by atomic mass is 16.4. The molecule has 0 saturated heterocycles. The van der Waals surface area contributed by atoms with Gasteiger partial charge in [-0.3, -0.25) is 0 Å². The largest absolute Gasteiger partial charge is 0.543 e. The number of aromatic carboxylic acids is 1. The molecule has 18 heavy (non-hydrogen) atoms. The number of aromatic nitrogens is 1. The van der Waals surface area contributed by atoms with Crippen LogP contribution >= 0.6 is 0 Å². The second kappa shape index (κ2) is 4.92. The number of nitrogens with zero attached hydrogens (tertiary/aromatic N) is 1. The third-order valence-corrected chi connectivity index (χ3v) is 2.97. The van der Waals surface area contributed by atoms with E-state index in [0.29, 0.717) is 0 Å². The highest BCUT2D eigenvalue weighted by Crippen LogP contribution is 2.23. The van der Waals surface area contributed by atoms with Crippen molar-refractivity contribution in [2.45, 2.75) is 13.3 Å². The number of carboxylic acid groups (broad SMARTS) is 1. The fourth-order valence-corrected chi connectivity index (χ4v) is 1.96. The summed E-state index contributed by atoms with van der Waals surface area (Å²) in [5, 5.41) is 10.9. The second-order valence-electron chi connectivity index (χ2n) is 3.99. The summed E-state index contributed by atoms with van der Waals surface area (Å²) in [7, 11) is 0. The van der Waals surface area contributed by atoms with Crippen molar-refractivity contribution < 1.29 is 9.90 Å². The smallest absolute Gasteiger partial charge is 0.0883 e. The molecule has 1 aromatic heterocycles. The van der Waals surface area contributed by atoms with Gasteiger partial charge in [-0.25, -0.2) is 0 Å². The van der Waals surface area contributed by atoms with Crippen molar-refractivity contribution >= 4 is 12.2 Å². The van der Waals surface area contributed by atoms with Gasteiger partial charge in [-0.1, -0.05) is 37.8 Å². The lowest BCUT2D eigenvalue weighted by atomic mass is 10.1. The summed E-state index contributed by atoms with van der Waals surface area (Å²) in [6, 6.07) is 11.3. The van der Waals surface area contributed by atoms with Crippen molar-refractivity contribution in [2.24, 2.45) is 0 Å². The van der Waals surface area contributed by atoms with E-state index in [1.807, 2.05) is 24.3 Å². The predicted octanol–water partition coefficient (Wildman–Crippen LogP) is 2.18. The van der Waals surface area contributed by atoms with Gasteiger partial charge in [0.1, 0.15) is 0 Å². The summed E-state index contributed by atoms with van der Waals surface area (Å²) in [5.41, 5.74) is 3.11. The highest BCUT2D eigenvalue weighted by Gasteiger charge is 2.08. The Kier molecular flexibility index (Phi) is 3.33. The molecule has 92 valence electrons. The van der Waals surface area contributed by atoms with E-state index in [0.717, 1.165) is 17.7 Å². The molecule has 0 spiro atoms. The Balaban J connectivity index is 2.49. The first kappa shape index (κ1) is 12.2. The van der Waals surface area contributed by atoms with Crippen LogP contribution in [0.25, 0.3) is 17.5 Å². The Labute approximate surface area is 106 Å². The zero-order chi connectivity index (χ0) is 13.1. The van der Waals surface area contributed by atoms with Gasteiger partial charge in [0.25, 0.3) is 0 Å². The van der Waals surface area contributed by atoms with Crippen LogP contribution in [-0.2, 0) is 6.42 Å². The molecule has 0 atom stereocenters. The molecule has 0 radical (unpaired) electrons. The number of hydrogen-bond donors (Lipinski definition) is 0. The predicted molar refractivity (Wildman–Crippen MR) is 70.0 cm³/mol. The van der Waals surface area contributed by atoms with Gasteiger partial charge in [0.2, 0.25) is 0 Å². The van der Waals surface area contributed by atoms with E-state index in [-0.39, 0.29) is 5.69 Å². The highest BCUT2D eigenvalue weighted by molar-refractivity contribution is 5.87. The lowest BCUT2D eigenvalue weighted by molar-refractivity contribution is -0.255. The molecular weight excluding hydrogens is 226 g/mol. The normalized spacial score (nSPS) is 10.3. The number of hydrogen-bond acceptors (Lipinski definition) is 2. The number of benzene rings is 1. The lowest BCUT2D eigenvalue weighted by Crippen LogP contribution is -2.24.